The Hall–Kier alpha value is -2.18. The van der Waals surface area contributed by atoms with Crippen LogP contribution in [0.5, 0.6) is 0 Å². The van der Waals surface area contributed by atoms with Crippen molar-refractivity contribution in [1.29, 1.82) is 0 Å². The van der Waals surface area contributed by atoms with Gasteiger partial charge in [0.05, 0.1) is 12.4 Å². The van der Waals surface area contributed by atoms with Gasteiger partial charge in [-0.05, 0) is 0 Å². The molecule has 20 heavy (non-hydrogen) atoms. The zero-order valence-corrected chi connectivity index (χ0v) is 11.8. The van der Waals surface area contributed by atoms with E-state index < -0.39 is 0 Å². The van der Waals surface area contributed by atoms with E-state index in [4.69, 9.17) is 10.4 Å². The second-order valence-electron chi connectivity index (χ2n) is 3.16. The number of nitrogens with zero attached hydrogens (tertiary/aromatic N) is 2. The molecular formula is C12H14Cl2N4O2. The maximum Gasteiger partial charge on any atom is 0.167 e. The summed E-state index contributed by atoms with van der Waals surface area (Å²) in [4.78, 5) is 5.70. The van der Waals surface area contributed by atoms with Crippen molar-refractivity contribution in [1.82, 2.24) is 0 Å². The second-order valence-corrected chi connectivity index (χ2v) is 3.16. The molecular weight excluding hydrogens is 303 g/mol. The van der Waals surface area contributed by atoms with Gasteiger partial charge in [-0.25, -0.2) is 9.97 Å². The standard InChI is InChI=1S/2C6H6N2O.2ClH/c2*9-8-5-6-1-3-7-4-2-6;;/h2*1-5,9H;2*1H. The first-order valence-electron chi connectivity index (χ1n) is 5.14. The third kappa shape index (κ3) is 8.84. The van der Waals surface area contributed by atoms with Gasteiger partial charge in [-0.3, -0.25) is 0 Å². The molecule has 2 heterocycles. The molecule has 108 valence electrons. The van der Waals surface area contributed by atoms with Crippen LogP contribution in [0.2, 0.25) is 0 Å². The third-order valence-corrected chi connectivity index (χ3v) is 1.90. The number of nitrogens with one attached hydrogen (secondary N) is 2. The van der Waals surface area contributed by atoms with E-state index in [0.717, 1.165) is 11.1 Å². The van der Waals surface area contributed by atoms with E-state index in [-0.39, 0.29) is 24.8 Å². The van der Waals surface area contributed by atoms with Gasteiger partial charge in [0, 0.05) is 35.4 Å². The van der Waals surface area contributed by atoms with Crippen molar-refractivity contribution in [2.24, 2.45) is 10.3 Å². The number of pyridine rings is 2. The van der Waals surface area contributed by atoms with E-state index >= 15 is 0 Å². The molecule has 0 bridgehead atoms. The van der Waals surface area contributed by atoms with Crippen LogP contribution in [-0.4, -0.2) is 22.8 Å². The van der Waals surface area contributed by atoms with Crippen molar-refractivity contribution in [3.63, 3.8) is 0 Å². The predicted molar refractivity (Wildman–Crippen MR) is 64.8 cm³/mol. The van der Waals surface area contributed by atoms with Crippen LogP contribution < -0.4 is 34.8 Å². The van der Waals surface area contributed by atoms with E-state index in [1.807, 2.05) is 0 Å². The highest BCUT2D eigenvalue weighted by Gasteiger charge is 1.85. The minimum atomic E-state index is 0. The summed E-state index contributed by atoms with van der Waals surface area (Å²) in [5.74, 6) is 0. The van der Waals surface area contributed by atoms with Crippen LogP contribution in [0, 0.1) is 0 Å². The van der Waals surface area contributed by atoms with E-state index in [9.17, 15) is 0 Å². The number of halogens is 2. The summed E-state index contributed by atoms with van der Waals surface area (Å²) in [6, 6.07) is 7.22. The molecule has 0 amide bonds. The molecule has 0 fully saturated rings. The van der Waals surface area contributed by atoms with Crippen molar-refractivity contribution >= 4 is 12.4 Å². The highest BCUT2D eigenvalue weighted by atomic mass is 35.5. The Morgan fingerprint density at radius 1 is 0.700 bits per heavy atom. The van der Waals surface area contributed by atoms with E-state index in [1.54, 1.807) is 49.1 Å². The summed E-state index contributed by atoms with van der Waals surface area (Å²) >= 11 is 0. The van der Waals surface area contributed by atoms with Gasteiger partial charge in [0.15, 0.2) is 24.8 Å². The first kappa shape index (κ1) is 20.1. The van der Waals surface area contributed by atoms with E-state index in [0.29, 0.717) is 0 Å². The number of hydrogen-bond donors (Lipinski definition) is 2. The highest BCUT2D eigenvalue weighted by molar-refractivity contribution is 5.78. The number of H-pyrrole nitrogens is 2. The molecule has 0 spiro atoms. The Morgan fingerprint density at radius 3 is 1.25 bits per heavy atom. The lowest BCUT2D eigenvalue weighted by Gasteiger charge is -1.80. The monoisotopic (exact) mass is 316 g/mol. The second kappa shape index (κ2) is 13.3. The predicted octanol–water partition coefficient (Wildman–Crippen LogP) is -5.37. The van der Waals surface area contributed by atoms with E-state index in [1.165, 1.54) is 12.4 Å². The van der Waals surface area contributed by atoms with Crippen molar-refractivity contribution in [3.8, 4) is 0 Å². The molecule has 0 radical (unpaired) electrons. The van der Waals surface area contributed by atoms with Gasteiger partial charge in [0.25, 0.3) is 0 Å². The molecule has 0 aliphatic carbocycles. The summed E-state index contributed by atoms with van der Waals surface area (Å²) in [6.45, 7) is 0. The van der Waals surface area contributed by atoms with Gasteiger partial charge >= 0.3 is 0 Å². The zero-order chi connectivity index (χ0) is 13.1. The van der Waals surface area contributed by atoms with Crippen LogP contribution in [-0.2, 0) is 0 Å². The zero-order valence-electron chi connectivity index (χ0n) is 10.3. The average Bonchev–Trinajstić information content (AvgIpc) is 2.43. The molecule has 0 saturated heterocycles. The summed E-state index contributed by atoms with van der Waals surface area (Å²) in [7, 11) is 0. The van der Waals surface area contributed by atoms with Crippen LogP contribution in [0.1, 0.15) is 11.1 Å². The van der Waals surface area contributed by atoms with Gasteiger partial charge in [0.2, 0.25) is 0 Å². The van der Waals surface area contributed by atoms with Gasteiger partial charge in [-0.2, -0.15) is 0 Å². The Morgan fingerprint density at radius 2 is 1.00 bits per heavy atom. The van der Waals surface area contributed by atoms with Crippen molar-refractivity contribution in [2.45, 2.75) is 0 Å². The van der Waals surface area contributed by atoms with Crippen LogP contribution in [0.15, 0.2) is 59.4 Å². The smallest absolute Gasteiger partial charge is 0.167 e. The third-order valence-electron chi connectivity index (χ3n) is 1.90. The molecule has 0 saturated carbocycles. The van der Waals surface area contributed by atoms with Crippen LogP contribution in [0.25, 0.3) is 0 Å². The maximum absolute atomic E-state index is 8.08. The first-order chi connectivity index (χ1) is 8.86. The lowest BCUT2D eigenvalue weighted by molar-refractivity contribution is -0.378. The largest absolute Gasteiger partial charge is 1.00 e. The minimum Gasteiger partial charge on any atom is -1.00 e. The van der Waals surface area contributed by atoms with Gasteiger partial charge in [-0.1, -0.05) is 10.3 Å². The summed E-state index contributed by atoms with van der Waals surface area (Å²) in [6.07, 6.45) is 9.78. The first-order valence-corrected chi connectivity index (χ1v) is 5.14. The molecule has 0 atom stereocenters. The molecule has 6 nitrogen and oxygen atoms in total. The Balaban J connectivity index is 0. The number of oxime groups is 2. The normalized spacial score (nSPS) is 9.20. The van der Waals surface area contributed by atoms with Crippen LogP contribution in [0.4, 0.5) is 0 Å². The quantitative estimate of drug-likeness (QED) is 0.329. The van der Waals surface area contributed by atoms with Gasteiger partial charge < -0.3 is 35.2 Å². The fraction of sp³-hybridized carbons (Fsp3) is 0. The number of rotatable bonds is 2. The summed E-state index contributed by atoms with van der Waals surface area (Å²) in [5.41, 5.74) is 1.74. The maximum atomic E-state index is 8.08. The Bertz CT molecular complexity index is 448. The lowest BCUT2D eigenvalue weighted by Crippen LogP contribution is -3.00. The topological polar surface area (TPSA) is 93.5 Å². The Labute approximate surface area is 128 Å². The summed E-state index contributed by atoms with van der Waals surface area (Å²) in [5, 5.41) is 21.9. The number of aromatic nitrogens is 2. The van der Waals surface area contributed by atoms with Crippen molar-refractivity contribution in [3.05, 3.63) is 60.2 Å². The molecule has 0 aromatic carbocycles. The number of hydrogen-bond acceptors (Lipinski definition) is 4. The SMILES string of the molecule is ON=Cc1cc[nH+]cc1.ON=Cc1cc[nH+]cc1.[Cl-].[Cl-]. The molecule has 2 aromatic rings. The Kier molecular flexibility index (Phi) is 13.4. The lowest BCUT2D eigenvalue weighted by atomic mass is 10.3. The van der Waals surface area contributed by atoms with Gasteiger partial charge in [0.1, 0.15) is 0 Å². The van der Waals surface area contributed by atoms with Crippen molar-refractivity contribution in [2.75, 3.05) is 0 Å². The average molecular weight is 317 g/mol. The van der Waals surface area contributed by atoms with Gasteiger partial charge in [-0.15, -0.1) is 0 Å². The molecule has 0 unspecified atom stereocenters. The molecule has 2 rings (SSSR count). The molecule has 8 heteroatoms. The summed E-state index contributed by atoms with van der Waals surface area (Å²) < 4.78 is 0. The fourth-order valence-corrected chi connectivity index (χ4v) is 1.11. The minimum absolute atomic E-state index is 0. The molecule has 0 aliphatic heterocycles. The molecule has 2 aromatic heterocycles. The highest BCUT2D eigenvalue weighted by Crippen LogP contribution is 1.87. The van der Waals surface area contributed by atoms with Crippen LogP contribution >= 0.6 is 0 Å². The molecule has 0 aliphatic rings. The van der Waals surface area contributed by atoms with Crippen LogP contribution in [0.3, 0.4) is 0 Å². The van der Waals surface area contributed by atoms with Crippen molar-refractivity contribution < 1.29 is 45.2 Å². The van der Waals surface area contributed by atoms with E-state index in [2.05, 4.69) is 20.3 Å². The molecule has 4 N–H and O–H groups in total. The number of aromatic amines is 2. The fourth-order valence-electron chi connectivity index (χ4n) is 1.11.